The van der Waals surface area contributed by atoms with E-state index < -0.39 is 0 Å². The molecule has 18 heavy (non-hydrogen) atoms. The minimum atomic E-state index is 0.792. The average molecular weight is 256 g/mol. The summed E-state index contributed by atoms with van der Waals surface area (Å²) in [6, 6.07) is 12.7. The van der Waals surface area contributed by atoms with Crippen molar-refractivity contribution in [1.82, 2.24) is 4.98 Å². The minimum absolute atomic E-state index is 0.792. The fourth-order valence-corrected chi connectivity index (χ4v) is 2.80. The number of thiazole rings is 1. The van der Waals surface area contributed by atoms with E-state index in [4.69, 9.17) is 5.26 Å². The Kier molecular flexibility index (Phi) is 4.49. The summed E-state index contributed by atoms with van der Waals surface area (Å²) in [7, 11) is 0. The molecule has 2 nitrogen and oxygen atoms in total. The van der Waals surface area contributed by atoms with Gasteiger partial charge in [-0.15, -0.1) is 11.3 Å². The van der Waals surface area contributed by atoms with Gasteiger partial charge in [0.1, 0.15) is 10.9 Å². The van der Waals surface area contributed by atoms with Gasteiger partial charge in [0.2, 0.25) is 0 Å². The summed E-state index contributed by atoms with van der Waals surface area (Å²) in [4.78, 5) is 5.37. The molecule has 0 radical (unpaired) electrons. The highest BCUT2D eigenvalue weighted by atomic mass is 32.1. The van der Waals surface area contributed by atoms with Gasteiger partial charge in [-0.1, -0.05) is 43.7 Å². The maximum atomic E-state index is 9.06. The fourth-order valence-electron chi connectivity index (χ4n) is 1.90. The van der Waals surface area contributed by atoms with Crippen LogP contribution in [0, 0.1) is 11.3 Å². The number of nitriles is 1. The van der Waals surface area contributed by atoms with Crippen molar-refractivity contribution in [2.45, 2.75) is 32.6 Å². The predicted molar refractivity (Wildman–Crippen MR) is 74.7 cm³/mol. The second-order valence-corrected chi connectivity index (χ2v) is 5.31. The maximum Gasteiger partial charge on any atom is 0.128 e. The fraction of sp³-hybridized carbons (Fsp3) is 0.333. The molecule has 0 aliphatic heterocycles. The molecule has 0 atom stereocenters. The third kappa shape index (κ3) is 3.18. The zero-order valence-corrected chi connectivity index (χ0v) is 11.3. The molecule has 1 aromatic heterocycles. The lowest BCUT2D eigenvalue weighted by molar-refractivity contribution is 0.865. The highest BCUT2D eigenvalue weighted by molar-refractivity contribution is 7.12. The van der Waals surface area contributed by atoms with Gasteiger partial charge in [-0.25, -0.2) is 4.98 Å². The number of nitrogens with zero attached hydrogens (tertiary/aromatic N) is 2. The van der Waals surface area contributed by atoms with Crippen LogP contribution in [0.5, 0.6) is 0 Å². The number of aromatic nitrogens is 1. The van der Waals surface area contributed by atoms with E-state index in [1.165, 1.54) is 5.56 Å². The molecule has 2 aromatic rings. The van der Waals surface area contributed by atoms with Crippen molar-refractivity contribution in [3.63, 3.8) is 0 Å². The molecule has 0 saturated carbocycles. The van der Waals surface area contributed by atoms with Crippen LogP contribution >= 0.6 is 11.3 Å². The number of hydrogen-bond donors (Lipinski definition) is 0. The van der Waals surface area contributed by atoms with Gasteiger partial charge in [0.15, 0.2) is 0 Å². The monoisotopic (exact) mass is 256 g/mol. The molecule has 0 fully saturated rings. The van der Waals surface area contributed by atoms with Gasteiger partial charge in [-0.05, 0) is 18.4 Å². The molecule has 2 rings (SSSR count). The first-order valence-electron chi connectivity index (χ1n) is 6.26. The Morgan fingerprint density at radius 2 is 1.94 bits per heavy atom. The van der Waals surface area contributed by atoms with Gasteiger partial charge in [0.25, 0.3) is 0 Å². The smallest absolute Gasteiger partial charge is 0.128 e. The zero-order valence-electron chi connectivity index (χ0n) is 10.5. The maximum absolute atomic E-state index is 9.06. The standard InChI is InChI=1S/C15H16N2S/c1-2-6-13-14(11-16)18-15(17-13)10-9-12-7-4-3-5-8-12/h3-5,7-8H,2,6,9-10H2,1H3. The van der Waals surface area contributed by atoms with E-state index in [9.17, 15) is 0 Å². The first-order valence-corrected chi connectivity index (χ1v) is 7.07. The van der Waals surface area contributed by atoms with Crippen LogP contribution in [0.25, 0.3) is 0 Å². The Labute approximate surface area is 112 Å². The minimum Gasteiger partial charge on any atom is -0.245 e. The van der Waals surface area contributed by atoms with Gasteiger partial charge in [-0.3, -0.25) is 0 Å². The topological polar surface area (TPSA) is 36.7 Å². The highest BCUT2D eigenvalue weighted by Gasteiger charge is 2.09. The largest absolute Gasteiger partial charge is 0.245 e. The SMILES string of the molecule is CCCc1nc(CCc2ccccc2)sc1C#N. The van der Waals surface area contributed by atoms with Crippen molar-refractivity contribution in [1.29, 1.82) is 5.26 Å². The zero-order chi connectivity index (χ0) is 12.8. The van der Waals surface area contributed by atoms with Crippen molar-refractivity contribution in [3.8, 4) is 6.07 Å². The molecule has 0 unspecified atom stereocenters. The summed E-state index contributed by atoms with van der Waals surface area (Å²) in [5, 5.41) is 10.1. The number of hydrogen-bond acceptors (Lipinski definition) is 3. The average Bonchev–Trinajstić information content (AvgIpc) is 2.80. The van der Waals surface area contributed by atoms with Crippen LogP contribution in [0.3, 0.4) is 0 Å². The van der Waals surface area contributed by atoms with Crippen LogP contribution in [-0.4, -0.2) is 4.98 Å². The molecule has 0 aliphatic rings. The van der Waals surface area contributed by atoms with Gasteiger partial charge >= 0.3 is 0 Å². The summed E-state index contributed by atoms with van der Waals surface area (Å²) >= 11 is 1.55. The molecule has 0 aliphatic carbocycles. The van der Waals surface area contributed by atoms with Crippen LogP contribution in [-0.2, 0) is 19.3 Å². The molecule has 1 aromatic carbocycles. The lowest BCUT2D eigenvalue weighted by atomic mass is 10.1. The van der Waals surface area contributed by atoms with Crippen molar-refractivity contribution in [2.24, 2.45) is 0 Å². The number of aryl methyl sites for hydroxylation is 3. The summed E-state index contributed by atoms with van der Waals surface area (Å²) in [6.45, 7) is 2.12. The van der Waals surface area contributed by atoms with Crippen LogP contribution in [0.2, 0.25) is 0 Å². The van der Waals surface area contributed by atoms with Crippen LogP contribution < -0.4 is 0 Å². The second-order valence-electron chi connectivity index (χ2n) is 4.23. The van der Waals surface area contributed by atoms with E-state index in [0.717, 1.165) is 41.3 Å². The van der Waals surface area contributed by atoms with Crippen molar-refractivity contribution in [3.05, 3.63) is 51.5 Å². The van der Waals surface area contributed by atoms with Gasteiger partial charge < -0.3 is 0 Å². The number of rotatable bonds is 5. The van der Waals surface area contributed by atoms with E-state index in [0.29, 0.717) is 0 Å². The van der Waals surface area contributed by atoms with Crippen LogP contribution in [0.15, 0.2) is 30.3 Å². The van der Waals surface area contributed by atoms with Gasteiger partial charge in [0, 0.05) is 6.42 Å². The third-order valence-electron chi connectivity index (χ3n) is 2.80. The molecule has 0 N–H and O–H groups in total. The van der Waals surface area contributed by atoms with E-state index >= 15 is 0 Å². The lowest BCUT2D eigenvalue weighted by Gasteiger charge is -1.97. The lowest BCUT2D eigenvalue weighted by Crippen LogP contribution is -1.92. The quantitative estimate of drug-likeness (QED) is 0.817. The predicted octanol–water partition coefficient (Wildman–Crippen LogP) is 3.75. The van der Waals surface area contributed by atoms with E-state index in [2.05, 4.69) is 42.2 Å². The summed E-state index contributed by atoms with van der Waals surface area (Å²) in [5.74, 6) is 0. The first-order chi connectivity index (χ1) is 8.83. The van der Waals surface area contributed by atoms with Gasteiger partial charge in [0.05, 0.1) is 10.7 Å². The molecule has 0 saturated heterocycles. The Balaban J connectivity index is 2.04. The van der Waals surface area contributed by atoms with E-state index in [1.54, 1.807) is 11.3 Å². The van der Waals surface area contributed by atoms with Crippen molar-refractivity contribution < 1.29 is 0 Å². The highest BCUT2D eigenvalue weighted by Crippen LogP contribution is 2.20. The first kappa shape index (κ1) is 12.8. The molecule has 0 bridgehead atoms. The second kappa shape index (κ2) is 6.32. The van der Waals surface area contributed by atoms with Gasteiger partial charge in [-0.2, -0.15) is 5.26 Å². The van der Waals surface area contributed by atoms with E-state index in [1.807, 2.05) is 6.07 Å². The Morgan fingerprint density at radius 1 is 1.17 bits per heavy atom. The number of benzene rings is 1. The normalized spacial score (nSPS) is 10.2. The summed E-state index contributed by atoms with van der Waals surface area (Å²) in [6.07, 6.45) is 3.86. The Bertz CT molecular complexity index is 537. The molecule has 0 spiro atoms. The molecule has 3 heteroatoms. The third-order valence-corrected chi connectivity index (χ3v) is 3.86. The molecular weight excluding hydrogens is 240 g/mol. The molecular formula is C15H16N2S. The Hall–Kier alpha value is -1.66. The summed E-state index contributed by atoms with van der Waals surface area (Å²) in [5.41, 5.74) is 2.30. The molecule has 92 valence electrons. The van der Waals surface area contributed by atoms with Crippen molar-refractivity contribution in [2.75, 3.05) is 0 Å². The van der Waals surface area contributed by atoms with Crippen LogP contribution in [0.4, 0.5) is 0 Å². The summed E-state index contributed by atoms with van der Waals surface area (Å²) < 4.78 is 0. The van der Waals surface area contributed by atoms with Crippen molar-refractivity contribution >= 4 is 11.3 Å². The molecule has 1 heterocycles. The van der Waals surface area contributed by atoms with E-state index in [-0.39, 0.29) is 0 Å². The molecule has 0 amide bonds. The Morgan fingerprint density at radius 3 is 2.61 bits per heavy atom. The van der Waals surface area contributed by atoms with Crippen LogP contribution in [0.1, 0.15) is 34.5 Å².